The molecule has 0 radical (unpaired) electrons. The first-order chi connectivity index (χ1) is 6.65. The zero-order valence-electron chi connectivity index (χ0n) is 9.05. The van der Waals surface area contributed by atoms with Crippen molar-refractivity contribution in [1.29, 1.82) is 0 Å². The van der Waals surface area contributed by atoms with E-state index >= 15 is 0 Å². The van der Waals surface area contributed by atoms with Crippen molar-refractivity contribution in [2.45, 2.75) is 39.7 Å². The Morgan fingerprint density at radius 2 is 2.21 bits per heavy atom. The van der Waals surface area contributed by atoms with Crippen LogP contribution in [0.15, 0.2) is 6.07 Å². The van der Waals surface area contributed by atoms with E-state index in [1.54, 1.807) is 0 Å². The van der Waals surface area contributed by atoms with E-state index < -0.39 is 0 Å². The SMILES string of the molecule is CC#CCCC(N)c1cc(C)c(C)s1. The van der Waals surface area contributed by atoms with E-state index in [9.17, 15) is 0 Å². The summed E-state index contributed by atoms with van der Waals surface area (Å²) in [6.45, 7) is 6.14. The van der Waals surface area contributed by atoms with Gasteiger partial charge in [-0.15, -0.1) is 23.2 Å². The van der Waals surface area contributed by atoms with Crippen LogP contribution in [-0.4, -0.2) is 0 Å². The van der Waals surface area contributed by atoms with Crippen LogP contribution in [0, 0.1) is 25.7 Å². The summed E-state index contributed by atoms with van der Waals surface area (Å²) in [5.74, 6) is 5.93. The molecular weight excluding hydrogens is 190 g/mol. The highest BCUT2D eigenvalue weighted by atomic mass is 32.1. The van der Waals surface area contributed by atoms with Gasteiger partial charge >= 0.3 is 0 Å². The molecule has 0 aliphatic rings. The summed E-state index contributed by atoms with van der Waals surface area (Å²) in [4.78, 5) is 2.66. The summed E-state index contributed by atoms with van der Waals surface area (Å²) in [6.07, 6.45) is 1.86. The number of aryl methyl sites for hydroxylation is 2. The van der Waals surface area contributed by atoms with Gasteiger partial charge in [-0.05, 0) is 38.8 Å². The Morgan fingerprint density at radius 3 is 2.71 bits per heavy atom. The molecule has 76 valence electrons. The number of rotatable bonds is 3. The van der Waals surface area contributed by atoms with Crippen LogP contribution in [0.1, 0.15) is 41.1 Å². The van der Waals surface area contributed by atoms with E-state index in [1.807, 2.05) is 18.3 Å². The van der Waals surface area contributed by atoms with Crippen LogP contribution >= 0.6 is 11.3 Å². The number of hydrogen-bond acceptors (Lipinski definition) is 2. The maximum atomic E-state index is 6.06. The van der Waals surface area contributed by atoms with Crippen molar-refractivity contribution in [3.8, 4) is 11.8 Å². The summed E-state index contributed by atoms with van der Waals surface area (Å²) >= 11 is 1.81. The van der Waals surface area contributed by atoms with Crippen LogP contribution in [0.3, 0.4) is 0 Å². The van der Waals surface area contributed by atoms with E-state index in [1.165, 1.54) is 15.3 Å². The molecule has 14 heavy (non-hydrogen) atoms. The zero-order valence-corrected chi connectivity index (χ0v) is 9.87. The van der Waals surface area contributed by atoms with Gasteiger partial charge in [0.05, 0.1) is 0 Å². The van der Waals surface area contributed by atoms with Gasteiger partial charge in [0.15, 0.2) is 0 Å². The van der Waals surface area contributed by atoms with Crippen LogP contribution in [0.25, 0.3) is 0 Å². The lowest BCUT2D eigenvalue weighted by Gasteiger charge is -2.05. The Hall–Kier alpha value is -0.780. The Labute approximate surface area is 90.3 Å². The molecule has 2 heteroatoms. The second-order valence-corrected chi connectivity index (χ2v) is 4.75. The van der Waals surface area contributed by atoms with E-state index in [4.69, 9.17) is 5.73 Å². The van der Waals surface area contributed by atoms with Gasteiger partial charge in [0, 0.05) is 22.2 Å². The molecule has 1 aromatic heterocycles. The topological polar surface area (TPSA) is 26.0 Å². The van der Waals surface area contributed by atoms with E-state index in [0.717, 1.165) is 12.8 Å². The van der Waals surface area contributed by atoms with Gasteiger partial charge in [0.2, 0.25) is 0 Å². The molecule has 0 bridgehead atoms. The largest absolute Gasteiger partial charge is 0.323 e. The summed E-state index contributed by atoms with van der Waals surface area (Å²) < 4.78 is 0. The fourth-order valence-corrected chi connectivity index (χ4v) is 2.36. The Morgan fingerprint density at radius 1 is 1.50 bits per heavy atom. The molecule has 1 nitrogen and oxygen atoms in total. The highest BCUT2D eigenvalue weighted by Crippen LogP contribution is 2.27. The molecule has 1 unspecified atom stereocenters. The van der Waals surface area contributed by atoms with Crippen molar-refractivity contribution < 1.29 is 0 Å². The van der Waals surface area contributed by atoms with Crippen molar-refractivity contribution in [2.75, 3.05) is 0 Å². The predicted octanol–water partition coefficient (Wildman–Crippen LogP) is 3.17. The molecule has 0 saturated carbocycles. The Bertz CT molecular complexity index is 335. The lowest BCUT2D eigenvalue weighted by atomic mass is 10.1. The van der Waals surface area contributed by atoms with Crippen LogP contribution in [0.5, 0.6) is 0 Å². The molecular formula is C12H17NS. The van der Waals surface area contributed by atoms with E-state index in [-0.39, 0.29) is 6.04 Å². The van der Waals surface area contributed by atoms with Crippen molar-refractivity contribution in [3.05, 3.63) is 21.4 Å². The van der Waals surface area contributed by atoms with Crippen LogP contribution < -0.4 is 5.73 Å². The molecule has 1 rings (SSSR count). The van der Waals surface area contributed by atoms with Crippen molar-refractivity contribution in [1.82, 2.24) is 0 Å². The minimum Gasteiger partial charge on any atom is -0.323 e. The highest BCUT2D eigenvalue weighted by molar-refractivity contribution is 7.12. The molecule has 0 fully saturated rings. The number of thiophene rings is 1. The smallest absolute Gasteiger partial charge is 0.0399 e. The van der Waals surface area contributed by atoms with Crippen molar-refractivity contribution >= 4 is 11.3 Å². The Kier molecular flexibility index (Phi) is 4.19. The standard InChI is InChI=1S/C12H17NS/c1-4-5-6-7-11(13)12-8-9(2)10(3)14-12/h8,11H,6-7,13H2,1-3H3. The average Bonchev–Trinajstić information content (AvgIpc) is 2.47. The monoisotopic (exact) mass is 207 g/mol. The van der Waals surface area contributed by atoms with Crippen LogP contribution in [0.4, 0.5) is 0 Å². The molecule has 0 spiro atoms. The first-order valence-corrected chi connectivity index (χ1v) is 5.69. The summed E-state index contributed by atoms with van der Waals surface area (Å²) in [7, 11) is 0. The molecule has 1 aromatic rings. The van der Waals surface area contributed by atoms with Crippen LogP contribution in [-0.2, 0) is 0 Å². The molecule has 1 atom stereocenters. The summed E-state index contributed by atoms with van der Waals surface area (Å²) in [5.41, 5.74) is 7.41. The minimum absolute atomic E-state index is 0.160. The van der Waals surface area contributed by atoms with Crippen molar-refractivity contribution in [3.63, 3.8) is 0 Å². The van der Waals surface area contributed by atoms with Gasteiger partial charge in [0.25, 0.3) is 0 Å². The molecule has 0 amide bonds. The van der Waals surface area contributed by atoms with Gasteiger partial charge in [0.1, 0.15) is 0 Å². The van der Waals surface area contributed by atoms with Crippen molar-refractivity contribution in [2.24, 2.45) is 5.73 Å². The maximum Gasteiger partial charge on any atom is 0.0399 e. The molecule has 0 aromatic carbocycles. The van der Waals surface area contributed by atoms with Gasteiger partial charge in [-0.1, -0.05) is 0 Å². The third-order valence-electron chi connectivity index (χ3n) is 2.31. The van der Waals surface area contributed by atoms with Gasteiger partial charge < -0.3 is 5.73 Å². The second-order valence-electron chi connectivity index (χ2n) is 3.46. The van der Waals surface area contributed by atoms with E-state index in [0.29, 0.717) is 0 Å². The number of hydrogen-bond donors (Lipinski definition) is 1. The predicted molar refractivity (Wildman–Crippen MR) is 63.4 cm³/mol. The second kappa shape index (κ2) is 5.19. The highest BCUT2D eigenvalue weighted by Gasteiger charge is 2.09. The summed E-state index contributed by atoms with van der Waals surface area (Å²) in [5, 5.41) is 0. The third-order valence-corrected chi connectivity index (χ3v) is 3.59. The quantitative estimate of drug-likeness (QED) is 0.757. The van der Waals surface area contributed by atoms with Gasteiger partial charge in [-0.2, -0.15) is 0 Å². The van der Waals surface area contributed by atoms with Gasteiger partial charge in [-0.3, -0.25) is 0 Å². The van der Waals surface area contributed by atoms with Crippen LogP contribution in [0.2, 0.25) is 0 Å². The van der Waals surface area contributed by atoms with Gasteiger partial charge in [-0.25, -0.2) is 0 Å². The lowest BCUT2D eigenvalue weighted by molar-refractivity contribution is 0.679. The Balaban J connectivity index is 2.58. The molecule has 2 N–H and O–H groups in total. The zero-order chi connectivity index (χ0) is 10.6. The fourth-order valence-electron chi connectivity index (χ4n) is 1.28. The fraction of sp³-hybridized carbons (Fsp3) is 0.500. The molecule has 0 saturated heterocycles. The van der Waals surface area contributed by atoms with E-state index in [2.05, 4.69) is 31.8 Å². The first kappa shape index (κ1) is 11.3. The minimum atomic E-state index is 0.160. The maximum absolute atomic E-state index is 6.06. The lowest BCUT2D eigenvalue weighted by Crippen LogP contribution is -2.07. The first-order valence-electron chi connectivity index (χ1n) is 4.87. The average molecular weight is 207 g/mol. The molecule has 0 aliphatic carbocycles. The molecule has 0 aliphatic heterocycles. The number of nitrogens with two attached hydrogens (primary N) is 1. The summed E-state index contributed by atoms with van der Waals surface area (Å²) in [6, 6.07) is 2.36. The normalized spacial score (nSPS) is 12.0. The third kappa shape index (κ3) is 2.87. The molecule has 1 heterocycles.